The molecular formula is C7H12N4O2. The molecule has 0 aliphatic heterocycles. The Morgan fingerprint density at radius 3 is 2.85 bits per heavy atom. The number of rotatable bonds is 3. The molecule has 0 bridgehead atoms. The quantitative estimate of drug-likeness (QED) is 0.665. The van der Waals surface area contributed by atoms with Crippen molar-refractivity contribution >= 4 is 5.91 Å². The first-order chi connectivity index (χ1) is 6.09. The van der Waals surface area contributed by atoms with Crippen LogP contribution in [0, 0.1) is 0 Å². The van der Waals surface area contributed by atoms with Crippen molar-refractivity contribution in [2.45, 2.75) is 20.0 Å². The van der Waals surface area contributed by atoms with Crippen LogP contribution < -0.4 is 5.48 Å². The van der Waals surface area contributed by atoms with Crippen molar-refractivity contribution in [1.29, 1.82) is 0 Å². The molecule has 1 rings (SSSR count). The summed E-state index contributed by atoms with van der Waals surface area (Å²) in [5, 5.41) is 7.23. The van der Waals surface area contributed by atoms with Crippen LogP contribution in [0.2, 0.25) is 0 Å². The van der Waals surface area contributed by atoms with Crippen molar-refractivity contribution in [3.05, 3.63) is 11.9 Å². The summed E-state index contributed by atoms with van der Waals surface area (Å²) >= 11 is 0. The zero-order valence-electron chi connectivity index (χ0n) is 7.81. The number of hydrogen-bond acceptors (Lipinski definition) is 4. The van der Waals surface area contributed by atoms with Gasteiger partial charge in [0.15, 0.2) is 5.69 Å². The first-order valence-electron chi connectivity index (χ1n) is 3.92. The summed E-state index contributed by atoms with van der Waals surface area (Å²) in [6.07, 6.45) is 1.46. The normalized spacial score (nSPS) is 10.5. The average Bonchev–Trinajstić information content (AvgIpc) is 2.47. The number of amides is 1. The van der Waals surface area contributed by atoms with Gasteiger partial charge >= 0.3 is 0 Å². The summed E-state index contributed by atoms with van der Waals surface area (Å²) in [5.41, 5.74) is 2.50. The lowest BCUT2D eigenvalue weighted by Crippen LogP contribution is -2.27. The summed E-state index contributed by atoms with van der Waals surface area (Å²) in [4.78, 5) is 16.1. The molecule has 0 radical (unpaired) electrons. The number of aromatic nitrogens is 3. The maximum Gasteiger partial charge on any atom is 0.297 e. The minimum absolute atomic E-state index is 0.0550. The second-order valence-corrected chi connectivity index (χ2v) is 2.88. The highest BCUT2D eigenvalue weighted by Gasteiger charge is 2.09. The van der Waals surface area contributed by atoms with Gasteiger partial charge in [0.25, 0.3) is 5.91 Å². The highest BCUT2D eigenvalue weighted by Crippen LogP contribution is 1.91. The number of nitrogens with zero attached hydrogens (tertiary/aromatic N) is 3. The van der Waals surface area contributed by atoms with Crippen molar-refractivity contribution in [3.8, 4) is 0 Å². The summed E-state index contributed by atoms with van der Waals surface area (Å²) in [6, 6.07) is 0. The summed E-state index contributed by atoms with van der Waals surface area (Å²) in [7, 11) is 1.69. The summed E-state index contributed by atoms with van der Waals surface area (Å²) in [5.74, 6) is -0.387. The molecule has 0 unspecified atom stereocenters. The van der Waals surface area contributed by atoms with Crippen LogP contribution in [0.15, 0.2) is 6.20 Å². The van der Waals surface area contributed by atoms with E-state index in [1.54, 1.807) is 7.05 Å². The fourth-order valence-corrected chi connectivity index (χ4v) is 0.675. The molecular weight excluding hydrogens is 172 g/mol. The van der Waals surface area contributed by atoms with Crippen LogP contribution in [0.25, 0.3) is 0 Å². The van der Waals surface area contributed by atoms with Crippen molar-refractivity contribution in [1.82, 2.24) is 20.5 Å². The van der Waals surface area contributed by atoms with Crippen molar-refractivity contribution in [3.63, 3.8) is 0 Å². The van der Waals surface area contributed by atoms with E-state index in [9.17, 15) is 4.79 Å². The number of aryl methyl sites for hydroxylation is 1. The van der Waals surface area contributed by atoms with E-state index in [2.05, 4.69) is 15.8 Å². The zero-order valence-corrected chi connectivity index (χ0v) is 7.81. The Bertz CT molecular complexity index is 294. The molecule has 1 heterocycles. The lowest BCUT2D eigenvalue weighted by Gasteiger charge is -2.05. The largest absolute Gasteiger partial charge is 0.297 e. The fourth-order valence-electron chi connectivity index (χ4n) is 0.675. The third-order valence-electron chi connectivity index (χ3n) is 1.22. The van der Waals surface area contributed by atoms with E-state index >= 15 is 0 Å². The Hall–Kier alpha value is -1.43. The number of carbonyl (C=O) groups is 1. The van der Waals surface area contributed by atoms with Crippen LogP contribution in [0.5, 0.6) is 0 Å². The first-order valence-corrected chi connectivity index (χ1v) is 3.92. The number of carbonyl (C=O) groups excluding carboxylic acids is 1. The molecule has 0 saturated carbocycles. The molecule has 6 nitrogen and oxygen atoms in total. The average molecular weight is 184 g/mol. The lowest BCUT2D eigenvalue weighted by atomic mass is 10.5. The molecule has 1 aromatic rings. The van der Waals surface area contributed by atoms with E-state index in [-0.39, 0.29) is 17.7 Å². The Balaban J connectivity index is 2.49. The molecule has 0 saturated heterocycles. The topological polar surface area (TPSA) is 69.0 Å². The molecule has 0 atom stereocenters. The third kappa shape index (κ3) is 2.83. The SMILES string of the molecule is CC(C)ONC(=O)c1cn(C)nn1. The molecule has 0 aromatic carbocycles. The maximum absolute atomic E-state index is 11.2. The Morgan fingerprint density at radius 1 is 1.69 bits per heavy atom. The van der Waals surface area contributed by atoms with E-state index in [1.165, 1.54) is 10.9 Å². The van der Waals surface area contributed by atoms with Gasteiger partial charge in [-0.1, -0.05) is 5.21 Å². The van der Waals surface area contributed by atoms with E-state index in [0.29, 0.717) is 0 Å². The molecule has 72 valence electrons. The van der Waals surface area contributed by atoms with Gasteiger partial charge in [-0.2, -0.15) is 0 Å². The molecule has 13 heavy (non-hydrogen) atoms. The van der Waals surface area contributed by atoms with E-state index in [0.717, 1.165) is 0 Å². The van der Waals surface area contributed by atoms with Gasteiger partial charge in [0, 0.05) is 7.05 Å². The van der Waals surface area contributed by atoms with Crippen molar-refractivity contribution in [2.75, 3.05) is 0 Å². The van der Waals surface area contributed by atoms with Crippen molar-refractivity contribution in [2.24, 2.45) is 7.05 Å². The first kappa shape index (κ1) is 9.66. The molecule has 0 fully saturated rings. The van der Waals surface area contributed by atoms with Gasteiger partial charge in [-0.25, -0.2) is 5.48 Å². The van der Waals surface area contributed by atoms with Gasteiger partial charge in [-0.3, -0.25) is 14.3 Å². The standard InChI is InChI=1S/C7H12N4O2/c1-5(2)13-9-7(12)6-4-11(3)10-8-6/h4-5H,1-3H3,(H,9,12). The molecule has 0 aliphatic carbocycles. The van der Waals surface area contributed by atoms with Crippen LogP contribution in [0.1, 0.15) is 24.3 Å². The molecule has 0 spiro atoms. The van der Waals surface area contributed by atoms with E-state index < -0.39 is 0 Å². The highest BCUT2D eigenvalue weighted by atomic mass is 16.7. The van der Waals surface area contributed by atoms with Crippen molar-refractivity contribution < 1.29 is 9.63 Å². The number of hydroxylamine groups is 1. The second kappa shape index (κ2) is 3.99. The smallest absolute Gasteiger partial charge is 0.271 e. The fraction of sp³-hybridized carbons (Fsp3) is 0.571. The lowest BCUT2D eigenvalue weighted by molar-refractivity contribution is -0.000144. The van der Waals surface area contributed by atoms with E-state index in [4.69, 9.17) is 4.84 Å². The monoisotopic (exact) mass is 184 g/mol. The van der Waals surface area contributed by atoms with Gasteiger partial charge in [0.2, 0.25) is 0 Å². The van der Waals surface area contributed by atoms with Crippen LogP contribution in [-0.4, -0.2) is 27.0 Å². The molecule has 6 heteroatoms. The number of nitrogens with one attached hydrogen (secondary N) is 1. The Kier molecular flexibility index (Phi) is 2.97. The van der Waals surface area contributed by atoms with Gasteiger partial charge in [-0.15, -0.1) is 5.10 Å². The van der Waals surface area contributed by atoms with Gasteiger partial charge < -0.3 is 0 Å². The van der Waals surface area contributed by atoms with Crippen LogP contribution in [0.3, 0.4) is 0 Å². The minimum atomic E-state index is -0.387. The van der Waals surface area contributed by atoms with E-state index in [1.807, 2.05) is 13.8 Å². The third-order valence-corrected chi connectivity index (χ3v) is 1.22. The summed E-state index contributed by atoms with van der Waals surface area (Å²) in [6.45, 7) is 3.63. The predicted octanol–water partition coefficient (Wildman–Crippen LogP) is -0.115. The zero-order chi connectivity index (χ0) is 9.84. The second-order valence-electron chi connectivity index (χ2n) is 2.88. The Labute approximate surface area is 75.8 Å². The van der Waals surface area contributed by atoms with Gasteiger partial charge in [-0.05, 0) is 13.8 Å². The molecule has 1 amide bonds. The molecule has 1 aromatic heterocycles. The highest BCUT2D eigenvalue weighted by molar-refractivity contribution is 5.90. The maximum atomic E-state index is 11.2. The van der Waals surface area contributed by atoms with Crippen LogP contribution >= 0.6 is 0 Å². The Morgan fingerprint density at radius 2 is 2.38 bits per heavy atom. The van der Waals surface area contributed by atoms with Gasteiger partial charge in [0.1, 0.15) is 0 Å². The predicted molar refractivity (Wildman–Crippen MR) is 44.7 cm³/mol. The number of hydrogen-bond donors (Lipinski definition) is 1. The van der Waals surface area contributed by atoms with Crippen LogP contribution in [0.4, 0.5) is 0 Å². The molecule has 0 aliphatic rings. The van der Waals surface area contributed by atoms with Gasteiger partial charge in [0.05, 0.1) is 12.3 Å². The minimum Gasteiger partial charge on any atom is -0.271 e. The molecule has 1 N–H and O–H groups in total. The summed E-state index contributed by atoms with van der Waals surface area (Å²) < 4.78 is 1.45. The van der Waals surface area contributed by atoms with Crippen LogP contribution in [-0.2, 0) is 11.9 Å².